The van der Waals surface area contributed by atoms with E-state index in [-0.39, 0.29) is 31.8 Å². The first kappa shape index (κ1) is 16.5. The van der Waals surface area contributed by atoms with Crippen molar-refractivity contribution in [1.82, 2.24) is 4.90 Å². The highest BCUT2D eigenvalue weighted by molar-refractivity contribution is 7.89. The van der Waals surface area contributed by atoms with Crippen molar-refractivity contribution in [3.8, 4) is 0 Å². The van der Waals surface area contributed by atoms with Gasteiger partial charge in [0, 0.05) is 18.1 Å². The largest absolute Gasteiger partial charge is 0.338 e. The molecule has 0 unspecified atom stereocenters. The maximum absolute atomic E-state index is 12.5. The van der Waals surface area contributed by atoms with Crippen LogP contribution in [0.4, 0.5) is 0 Å². The maximum Gasteiger partial charge on any atom is 0.255 e. The molecule has 21 heavy (non-hydrogen) atoms. The minimum Gasteiger partial charge on any atom is -0.338 e. The Morgan fingerprint density at radius 2 is 1.95 bits per heavy atom. The highest BCUT2D eigenvalue weighted by Crippen LogP contribution is 2.33. The minimum atomic E-state index is -4.05. The quantitative estimate of drug-likeness (QED) is 0.889. The third-order valence-corrected chi connectivity index (χ3v) is 5.18. The molecule has 8 heteroatoms. The summed E-state index contributed by atoms with van der Waals surface area (Å²) >= 11 is 11.9. The molecule has 1 fully saturated rings. The molecule has 0 aliphatic carbocycles. The minimum absolute atomic E-state index is 0.0312. The first-order chi connectivity index (χ1) is 9.51. The number of nitrogens with two attached hydrogens (primary N) is 1. The van der Waals surface area contributed by atoms with Gasteiger partial charge in [-0.3, -0.25) is 4.79 Å². The van der Waals surface area contributed by atoms with Crippen LogP contribution in [-0.4, -0.2) is 32.3 Å². The second-order valence-corrected chi connectivity index (χ2v) is 8.30. The van der Waals surface area contributed by atoms with Crippen molar-refractivity contribution in [3.05, 3.63) is 27.7 Å². The van der Waals surface area contributed by atoms with E-state index in [0.29, 0.717) is 13.1 Å². The fraction of sp³-hybridized carbons (Fsp3) is 0.462. The Balaban J connectivity index is 2.46. The number of halogens is 2. The van der Waals surface area contributed by atoms with Crippen molar-refractivity contribution >= 4 is 39.1 Å². The van der Waals surface area contributed by atoms with Crippen molar-refractivity contribution in [2.45, 2.75) is 25.2 Å². The molecular weight excluding hydrogens is 335 g/mol. The predicted molar refractivity (Wildman–Crippen MR) is 82.1 cm³/mol. The van der Waals surface area contributed by atoms with Crippen LogP contribution in [0.3, 0.4) is 0 Å². The second-order valence-electron chi connectivity index (χ2n) is 5.95. The number of hydrogen-bond donors (Lipinski definition) is 1. The standard InChI is InChI=1S/C13H16Cl2N2O3S/c1-13(2)3-4-17(7-13)12(18)9-5-8(14)6-10(11(9)15)21(16,19)20/h5-6H,3-4,7H2,1-2H3,(H2,16,19,20). The third-order valence-electron chi connectivity index (χ3n) is 3.51. The molecule has 0 atom stereocenters. The highest BCUT2D eigenvalue weighted by atomic mass is 35.5. The summed E-state index contributed by atoms with van der Waals surface area (Å²) < 4.78 is 23.0. The summed E-state index contributed by atoms with van der Waals surface area (Å²) in [6.07, 6.45) is 0.874. The van der Waals surface area contributed by atoms with Crippen molar-refractivity contribution in [2.75, 3.05) is 13.1 Å². The fourth-order valence-corrected chi connectivity index (χ4v) is 3.83. The molecule has 1 saturated heterocycles. The van der Waals surface area contributed by atoms with Crippen LogP contribution >= 0.6 is 23.2 Å². The van der Waals surface area contributed by atoms with Gasteiger partial charge in [-0.2, -0.15) is 0 Å². The monoisotopic (exact) mass is 350 g/mol. The Morgan fingerprint density at radius 3 is 2.43 bits per heavy atom. The molecule has 2 N–H and O–H groups in total. The lowest BCUT2D eigenvalue weighted by atomic mass is 9.93. The van der Waals surface area contributed by atoms with Gasteiger partial charge in [-0.1, -0.05) is 37.0 Å². The fourth-order valence-electron chi connectivity index (χ4n) is 2.38. The predicted octanol–water partition coefficient (Wildman–Crippen LogP) is 2.51. The van der Waals surface area contributed by atoms with Crippen LogP contribution in [-0.2, 0) is 10.0 Å². The van der Waals surface area contributed by atoms with E-state index in [1.54, 1.807) is 4.90 Å². The molecule has 0 bridgehead atoms. The molecule has 0 radical (unpaired) electrons. The van der Waals surface area contributed by atoms with E-state index in [1.807, 2.05) is 0 Å². The van der Waals surface area contributed by atoms with Gasteiger partial charge in [0.05, 0.1) is 10.6 Å². The summed E-state index contributed by atoms with van der Waals surface area (Å²) in [5.41, 5.74) is 0.0922. The van der Waals surface area contributed by atoms with Gasteiger partial charge in [-0.25, -0.2) is 13.6 Å². The molecule has 0 saturated carbocycles. The zero-order valence-electron chi connectivity index (χ0n) is 11.7. The van der Waals surface area contributed by atoms with E-state index in [0.717, 1.165) is 12.5 Å². The maximum atomic E-state index is 12.5. The number of sulfonamides is 1. The Kier molecular flexibility index (Phi) is 4.28. The van der Waals surface area contributed by atoms with E-state index in [9.17, 15) is 13.2 Å². The molecular formula is C13H16Cl2N2O3S. The van der Waals surface area contributed by atoms with E-state index in [1.165, 1.54) is 6.07 Å². The van der Waals surface area contributed by atoms with Crippen molar-refractivity contribution in [1.29, 1.82) is 0 Å². The van der Waals surface area contributed by atoms with Crippen LogP contribution < -0.4 is 5.14 Å². The molecule has 5 nitrogen and oxygen atoms in total. The van der Waals surface area contributed by atoms with Crippen molar-refractivity contribution in [2.24, 2.45) is 10.6 Å². The Labute approximate surface area is 134 Å². The molecule has 1 aromatic rings. The topological polar surface area (TPSA) is 80.5 Å². The Hall–Kier alpha value is -0.820. The lowest BCUT2D eigenvalue weighted by Crippen LogP contribution is -2.30. The number of carbonyl (C=O) groups excluding carboxylic acids is 1. The van der Waals surface area contributed by atoms with Crippen LogP contribution in [0.2, 0.25) is 10.0 Å². The lowest BCUT2D eigenvalue weighted by molar-refractivity contribution is 0.0778. The number of primary sulfonamides is 1. The zero-order valence-corrected chi connectivity index (χ0v) is 14.0. The van der Waals surface area contributed by atoms with E-state index in [2.05, 4.69) is 13.8 Å². The molecule has 1 aromatic carbocycles. The van der Waals surface area contributed by atoms with Gasteiger partial charge in [0.1, 0.15) is 4.90 Å². The molecule has 116 valence electrons. The number of carbonyl (C=O) groups is 1. The lowest BCUT2D eigenvalue weighted by Gasteiger charge is -2.21. The normalized spacial score (nSPS) is 18.0. The smallest absolute Gasteiger partial charge is 0.255 e. The molecule has 1 heterocycles. The first-order valence-electron chi connectivity index (χ1n) is 6.32. The van der Waals surface area contributed by atoms with Crippen molar-refractivity contribution < 1.29 is 13.2 Å². The van der Waals surface area contributed by atoms with E-state index >= 15 is 0 Å². The molecule has 0 spiro atoms. The summed E-state index contributed by atoms with van der Waals surface area (Å²) in [6.45, 7) is 5.31. The highest BCUT2D eigenvalue weighted by Gasteiger charge is 2.34. The van der Waals surface area contributed by atoms with Crippen LogP contribution in [0.1, 0.15) is 30.6 Å². The number of nitrogens with zero attached hydrogens (tertiary/aromatic N) is 1. The number of likely N-dealkylation sites (tertiary alicyclic amines) is 1. The van der Waals surface area contributed by atoms with Gasteiger partial charge in [-0.05, 0) is 24.0 Å². The SMILES string of the molecule is CC1(C)CCN(C(=O)c2cc(Cl)cc(S(N)(=O)=O)c2Cl)C1. The van der Waals surface area contributed by atoms with Crippen LogP contribution in [0.25, 0.3) is 0 Å². The number of amides is 1. The molecule has 1 amide bonds. The van der Waals surface area contributed by atoms with Gasteiger partial charge in [0.2, 0.25) is 10.0 Å². The molecule has 1 aliphatic heterocycles. The Morgan fingerprint density at radius 1 is 1.33 bits per heavy atom. The van der Waals surface area contributed by atoms with Crippen LogP contribution in [0.5, 0.6) is 0 Å². The molecule has 0 aromatic heterocycles. The van der Waals surface area contributed by atoms with Gasteiger partial charge < -0.3 is 4.90 Å². The number of hydrogen-bond acceptors (Lipinski definition) is 3. The van der Waals surface area contributed by atoms with Gasteiger partial charge in [0.25, 0.3) is 5.91 Å². The summed E-state index contributed by atoms with van der Waals surface area (Å²) in [4.78, 5) is 13.8. The summed E-state index contributed by atoms with van der Waals surface area (Å²) in [5, 5.41) is 5.01. The van der Waals surface area contributed by atoms with E-state index < -0.39 is 10.0 Å². The van der Waals surface area contributed by atoms with Crippen LogP contribution in [0.15, 0.2) is 17.0 Å². The summed E-state index contributed by atoms with van der Waals surface area (Å²) in [5.74, 6) is -0.335. The second kappa shape index (κ2) is 5.43. The number of rotatable bonds is 2. The average molecular weight is 351 g/mol. The van der Waals surface area contributed by atoms with Crippen LogP contribution in [0, 0.1) is 5.41 Å². The zero-order chi connectivity index (χ0) is 16.0. The molecule has 1 aliphatic rings. The van der Waals surface area contributed by atoms with Gasteiger partial charge in [-0.15, -0.1) is 0 Å². The average Bonchev–Trinajstić information content (AvgIpc) is 2.70. The number of benzene rings is 1. The van der Waals surface area contributed by atoms with E-state index in [4.69, 9.17) is 28.3 Å². The summed E-state index contributed by atoms with van der Waals surface area (Å²) in [7, 11) is -4.05. The summed E-state index contributed by atoms with van der Waals surface area (Å²) in [6, 6.07) is 2.51. The first-order valence-corrected chi connectivity index (χ1v) is 8.63. The third kappa shape index (κ3) is 3.51. The van der Waals surface area contributed by atoms with Crippen molar-refractivity contribution in [3.63, 3.8) is 0 Å². The Bertz CT molecular complexity index is 702. The van der Waals surface area contributed by atoms with Gasteiger partial charge >= 0.3 is 0 Å². The molecule has 2 rings (SSSR count). The van der Waals surface area contributed by atoms with Gasteiger partial charge in [0.15, 0.2) is 0 Å².